The minimum Gasteiger partial charge on any atom is -0.444 e. The molecular formula is C31H43ClFN3O5Si. The summed E-state index contributed by atoms with van der Waals surface area (Å²) in [4.78, 5) is 39.8. The van der Waals surface area contributed by atoms with Gasteiger partial charge in [0.1, 0.15) is 11.4 Å². The number of nitrogens with zero attached hydrogens (tertiary/aromatic N) is 1. The van der Waals surface area contributed by atoms with Crippen molar-refractivity contribution in [1.29, 1.82) is 0 Å². The van der Waals surface area contributed by atoms with Crippen molar-refractivity contribution < 1.29 is 27.9 Å². The molecule has 0 bridgehead atoms. The van der Waals surface area contributed by atoms with Crippen LogP contribution in [-0.2, 0) is 31.7 Å². The summed E-state index contributed by atoms with van der Waals surface area (Å²) < 4.78 is 25.9. The van der Waals surface area contributed by atoms with Gasteiger partial charge in [-0.25, -0.2) is 9.18 Å². The van der Waals surface area contributed by atoms with Crippen molar-refractivity contribution in [3.8, 4) is 0 Å². The summed E-state index contributed by atoms with van der Waals surface area (Å²) in [6, 6.07) is 9.19. The quantitative estimate of drug-likeness (QED) is 0.261. The molecule has 3 rings (SSSR count). The van der Waals surface area contributed by atoms with Crippen LogP contribution in [0.2, 0.25) is 23.2 Å². The van der Waals surface area contributed by atoms with Gasteiger partial charge in [0.05, 0.1) is 11.1 Å². The number of fused-ring (bicyclic) bond motifs is 1. The Balaban J connectivity index is 1.81. The smallest absolute Gasteiger partial charge is 0.410 e. The molecule has 2 N–H and O–H groups in total. The Labute approximate surface area is 254 Å². The number of amides is 3. The molecule has 2 atom stereocenters. The van der Waals surface area contributed by atoms with Crippen molar-refractivity contribution in [2.45, 2.75) is 84.3 Å². The van der Waals surface area contributed by atoms with E-state index in [1.54, 1.807) is 7.05 Å². The van der Waals surface area contributed by atoms with Gasteiger partial charge in [-0.1, -0.05) is 50.6 Å². The Bertz CT molecular complexity index is 1340. The molecular weight excluding hydrogens is 577 g/mol. The number of nitrogens with one attached hydrogen (secondary N) is 2. The summed E-state index contributed by atoms with van der Waals surface area (Å²) in [6.45, 7) is 17.1. The first kappa shape index (κ1) is 33.5. The van der Waals surface area contributed by atoms with E-state index in [1.165, 1.54) is 17.0 Å². The summed E-state index contributed by atoms with van der Waals surface area (Å²) >= 11 is 5.72. The highest BCUT2D eigenvalue weighted by molar-refractivity contribution is 6.74. The summed E-state index contributed by atoms with van der Waals surface area (Å²) in [5.41, 5.74) is 2.35. The lowest BCUT2D eigenvalue weighted by molar-refractivity contribution is -0.136. The first-order valence-corrected chi connectivity index (χ1v) is 17.3. The highest BCUT2D eigenvalue weighted by atomic mass is 35.5. The molecule has 3 amide bonds. The van der Waals surface area contributed by atoms with Crippen LogP contribution in [0.25, 0.3) is 0 Å². The standard InChI is InChI=1S/C31H43ClFN3O5Si/c1-30(2,3)41-29(39)36(7)17-19-10-12-23-20(14-19)15-21(18-40-42(8,9)31(4,5)6)26(23)35-28(38)27(37)34-22-11-13-24(32)25(33)16-22/h10-14,16,21,26H,15,17-18H2,1-9H3,(H,34,37)(H,35,38)/t21-,26-/m1/s1. The molecule has 42 heavy (non-hydrogen) atoms. The summed E-state index contributed by atoms with van der Waals surface area (Å²) in [5, 5.41) is 5.25. The van der Waals surface area contributed by atoms with Crippen molar-refractivity contribution >= 4 is 43.5 Å². The highest BCUT2D eigenvalue weighted by Crippen LogP contribution is 2.41. The first-order valence-electron chi connectivity index (χ1n) is 14.0. The van der Waals surface area contributed by atoms with Gasteiger partial charge in [-0.3, -0.25) is 9.59 Å². The van der Waals surface area contributed by atoms with Crippen LogP contribution in [0.1, 0.15) is 64.3 Å². The number of hydrogen-bond donors (Lipinski definition) is 2. The van der Waals surface area contributed by atoms with E-state index in [4.69, 9.17) is 20.8 Å². The molecule has 1 aliphatic carbocycles. The maximum atomic E-state index is 13.8. The van der Waals surface area contributed by atoms with Crippen LogP contribution in [0, 0.1) is 11.7 Å². The van der Waals surface area contributed by atoms with E-state index in [1.807, 2.05) is 39.0 Å². The maximum Gasteiger partial charge on any atom is 0.410 e. The molecule has 8 nitrogen and oxygen atoms in total. The highest BCUT2D eigenvalue weighted by Gasteiger charge is 2.41. The lowest BCUT2D eigenvalue weighted by Gasteiger charge is -2.37. The van der Waals surface area contributed by atoms with Gasteiger partial charge in [-0.2, -0.15) is 0 Å². The number of hydrogen-bond acceptors (Lipinski definition) is 5. The Morgan fingerprint density at radius 2 is 1.71 bits per heavy atom. The van der Waals surface area contributed by atoms with E-state index in [2.05, 4.69) is 44.5 Å². The molecule has 0 saturated carbocycles. The second-order valence-corrected chi connectivity index (χ2v) is 18.7. The van der Waals surface area contributed by atoms with E-state index in [9.17, 15) is 18.8 Å². The summed E-state index contributed by atoms with van der Waals surface area (Å²) in [7, 11) is -0.404. The monoisotopic (exact) mass is 619 g/mol. The van der Waals surface area contributed by atoms with Crippen molar-refractivity contribution in [3.63, 3.8) is 0 Å². The maximum absolute atomic E-state index is 13.8. The van der Waals surface area contributed by atoms with Crippen molar-refractivity contribution in [2.75, 3.05) is 19.0 Å². The second kappa shape index (κ2) is 12.7. The average molecular weight is 620 g/mol. The number of carbonyl (C=O) groups is 3. The van der Waals surface area contributed by atoms with Crippen molar-refractivity contribution in [2.24, 2.45) is 5.92 Å². The minimum atomic E-state index is -2.09. The fraction of sp³-hybridized carbons (Fsp3) is 0.516. The largest absolute Gasteiger partial charge is 0.444 e. The molecule has 0 saturated heterocycles. The van der Waals surface area contributed by atoms with Crippen LogP contribution in [0.5, 0.6) is 0 Å². The second-order valence-electron chi connectivity index (χ2n) is 13.4. The molecule has 0 radical (unpaired) electrons. The lowest BCUT2D eigenvalue weighted by atomic mass is 10.0. The molecule has 230 valence electrons. The predicted molar refractivity (Wildman–Crippen MR) is 165 cm³/mol. The SMILES string of the molecule is CN(Cc1ccc2c(c1)C[C@H](CO[Si](C)(C)C(C)(C)C)[C@H]2NC(=O)C(=O)Nc1ccc(Cl)c(F)c1)C(=O)OC(C)(C)C. The Hall–Kier alpha value is -2.95. The van der Waals surface area contributed by atoms with E-state index in [0.717, 1.165) is 22.8 Å². The number of anilines is 1. The molecule has 1 aliphatic rings. The van der Waals surface area contributed by atoms with Gasteiger partial charge in [0.2, 0.25) is 0 Å². The van der Waals surface area contributed by atoms with E-state index in [0.29, 0.717) is 19.6 Å². The van der Waals surface area contributed by atoms with Gasteiger partial charge in [0, 0.05) is 31.8 Å². The molecule has 0 aromatic heterocycles. The van der Waals surface area contributed by atoms with Gasteiger partial charge in [-0.15, -0.1) is 0 Å². The normalized spacial score (nSPS) is 16.9. The third-order valence-electron chi connectivity index (χ3n) is 7.76. The summed E-state index contributed by atoms with van der Waals surface area (Å²) in [6.07, 6.45) is 0.212. The van der Waals surface area contributed by atoms with Crippen LogP contribution in [0.15, 0.2) is 36.4 Å². The van der Waals surface area contributed by atoms with Crippen molar-refractivity contribution in [1.82, 2.24) is 10.2 Å². The van der Waals surface area contributed by atoms with Crippen LogP contribution in [-0.4, -0.2) is 50.4 Å². The molecule has 2 aromatic carbocycles. The topological polar surface area (TPSA) is 97.0 Å². The Morgan fingerprint density at radius 3 is 2.31 bits per heavy atom. The van der Waals surface area contributed by atoms with Gasteiger partial charge in [0.25, 0.3) is 0 Å². The van der Waals surface area contributed by atoms with E-state index < -0.39 is 43.7 Å². The average Bonchev–Trinajstić information content (AvgIpc) is 3.19. The van der Waals surface area contributed by atoms with Crippen LogP contribution >= 0.6 is 11.6 Å². The fourth-order valence-corrected chi connectivity index (χ4v) is 5.60. The zero-order chi connectivity index (χ0) is 31.6. The molecule has 11 heteroatoms. The van der Waals surface area contributed by atoms with Crippen LogP contribution < -0.4 is 10.6 Å². The van der Waals surface area contributed by atoms with Gasteiger partial charge in [-0.05, 0) is 80.2 Å². The van der Waals surface area contributed by atoms with Gasteiger partial charge >= 0.3 is 17.9 Å². The third kappa shape index (κ3) is 8.55. The first-order chi connectivity index (χ1) is 19.3. The predicted octanol–water partition coefficient (Wildman–Crippen LogP) is 6.84. The lowest BCUT2D eigenvalue weighted by Crippen LogP contribution is -2.44. The number of rotatable bonds is 7. The number of ether oxygens (including phenoxy) is 1. The molecule has 0 fully saturated rings. The molecule has 0 heterocycles. The zero-order valence-electron chi connectivity index (χ0n) is 26.0. The molecule has 2 aromatic rings. The summed E-state index contributed by atoms with van der Waals surface area (Å²) in [5.74, 6) is -2.56. The number of halogens is 2. The Kier molecular flexibility index (Phi) is 10.2. The molecule has 0 unspecified atom stereocenters. The van der Waals surface area contributed by atoms with Crippen molar-refractivity contribution in [3.05, 3.63) is 63.9 Å². The molecule has 0 aliphatic heterocycles. The molecule has 0 spiro atoms. The minimum absolute atomic E-state index is 0.00432. The van der Waals surface area contributed by atoms with E-state index in [-0.39, 0.29) is 21.7 Å². The Morgan fingerprint density at radius 1 is 1.05 bits per heavy atom. The van der Waals surface area contributed by atoms with Gasteiger partial charge in [0.15, 0.2) is 8.32 Å². The van der Waals surface area contributed by atoms with E-state index >= 15 is 0 Å². The third-order valence-corrected chi connectivity index (χ3v) is 12.6. The fourth-order valence-electron chi connectivity index (χ4n) is 4.42. The zero-order valence-corrected chi connectivity index (χ0v) is 27.7. The van der Waals surface area contributed by atoms with Gasteiger partial charge < -0.3 is 24.7 Å². The van der Waals surface area contributed by atoms with Crippen LogP contribution in [0.4, 0.5) is 14.9 Å². The number of carbonyl (C=O) groups excluding carboxylic acids is 3. The van der Waals surface area contributed by atoms with Crippen LogP contribution in [0.3, 0.4) is 0 Å². The number of benzene rings is 2.